The zero-order valence-electron chi connectivity index (χ0n) is 10.8. The van der Waals surface area contributed by atoms with Gasteiger partial charge in [0.05, 0.1) is 11.2 Å². The van der Waals surface area contributed by atoms with E-state index in [1.54, 1.807) is 0 Å². The minimum Gasteiger partial charge on any atom is -0.399 e. The number of nitrogens with zero attached hydrogens (tertiary/aromatic N) is 1. The van der Waals surface area contributed by atoms with Gasteiger partial charge in [0.1, 0.15) is 5.82 Å². The SMILES string of the molecule is Cc1cc(-c2ccc3cc(F)cc(Br)c3n2)ccc1N. The van der Waals surface area contributed by atoms with Crippen molar-refractivity contribution in [3.8, 4) is 11.3 Å². The second-order valence-electron chi connectivity index (χ2n) is 4.73. The lowest BCUT2D eigenvalue weighted by molar-refractivity contribution is 0.629. The minimum absolute atomic E-state index is 0.276. The minimum atomic E-state index is -0.276. The number of anilines is 1. The fourth-order valence-electron chi connectivity index (χ4n) is 2.15. The zero-order valence-corrected chi connectivity index (χ0v) is 12.4. The summed E-state index contributed by atoms with van der Waals surface area (Å²) in [5.74, 6) is -0.276. The summed E-state index contributed by atoms with van der Waals surface area (Å²) in [4.78, 5) is 4.60. The topological polar surface area (TPSA) is 38.9 Å². The first-order valence-corrected chi connectivity index (χ1v) is 6.96. The van der Waals surface area contributed by atoms with Gasteiger partial charge in [0.15, 0.2) is 0 Å². The summed E-state index contributed by atoms with van der Waals surface area (Å²) in [6, 6.07) is 12.5. The summed E-state index contributed by atoms with van der Waals surface area (Å²) in [6.45, 7) is 1.96. The number of pyridine rings is 1. The molecule has 0 fully saturated rings. The smallest absolute Gasteiger partial charge is 0.125 e. The molecule has 0 spiro atoms. The summed E-state index contributed by atoms with van der Waals surface area (Å²) in [5.41, 5.74) is 10.2. The Morgan fingerprint density at radius 1 is 1.10 bits per heavy atom. The highest BCUT2D eigenvalue weighted by molar-refractivity contribution is 9.10. The molecule has 4 heteroatoms. The molecule has 0 aliphatic carbocycles. The largest absolute Gasteiger partial charge is 0.399 e. The van der Waals surface area contributed by atoms with Gasteiger partial charge in [-0.2, -0.15) is 0 Å². The number of aromatic nitrogens is 1. The second kappa shape index (κ2) is 4.87. The maximum atomic E-state index is 13.3. The Hall–Kier alpha value is -1.94. The fourth-order valence-corrected chi connectivity index (χ4v) is 2.69. The molecular weight excluding hydrogens is 319 g/mol. The predicted molar refractivity (Wildman–Crippen MR) is 84.0 cm³/mol. The summed E-state index contributed by atoms with van der Waals surface area (Å²) < 4.78 is 14.0. The van der Waals surface area contributed by atoms with Crippen LogP contribution in [0, 0.1) is 12.7 Å². The van der Waals surface area contributed by atoms with Crippen LogP contribution in [0.3, 0.4) is 0 Å². The number of aryl methyl sites for hydroxylation is 1. The Morgan fingerprint density at radius 2 is 1.90 bits per heavy atom. The normalized spacial score (nSPS) is 10.9. The van der Waals surface area contributed by atoms with Crippen LogP contribution in [0.4, 0.5) is 10.1 Å². The molecule has 0 radical (unpaired) electrons. The standard InChI is InChI=1S/C16H12BrFN2/c1-9-6-10(2-4-14(9)19)15-5-3-11-7-12(18)8-13(17)16(11)20-15/h2-8H,19H2,1H3. The third kappa shape index (κ3) is 2.27. The van der Waals surface area contributed by atoms with Gasteiger partial charge in [-0.15, -0.1) is 0 Å². The molecule has 2 aromatic carbocycles. The van der Waals surface area contributed by atoms with Crippen molar-refractivity contribution in [1.29, 1.82) is 0 Å². The van der Waals surface area contributed by atoms with Gasteiger partial charge in [-0.05, 0) is 58.7 Å². The molecular formula is C16H12BrFN2. The number of fused-ring (bicyclic) bond motifs is 1. The van der Waals surface area contributed by atoms with E-state index in [1.165, 1.54) is 12.1 Å². The van der Waals surface area contributed by atoms with Crippen LogP contribution in [0.25, 0.3) is 22.2 Å². The van der Waals surface area contributed by atoms with E-state index in [2.05, 4.69) is 20.9 Å². The van der Waals surface area contributed by atoms with Gasteiger partial charge in [0, 0.05) is 21.1 Å². The van der Waals surface area contributed by atoms with Crippen LogP contribution in [0.15, 0.2) is 46.9 Å². The monoisotopic (exact) mass is 330 g/mol. The Kier molecular flexibility index (Phi) is 3.18. The Labute approximate surface area is 124 Å². The van der Waals surface area contributed by atoms with Crippen molar-refractivity contribution < 1.29 is 4.39 Å². The van der Waals surface area contributed by atoms with Gasteiger partial charge in [-0.1, -0.05) is 12.1 Å². The van der Waals surface area contributed by atoms with Crippen LogP contribution >= 0.6 is 15.9 Å². The van der Waals surface area contributed by atoms with E-state index >= 15 is 0 Å². The van der Waals surface area contributed by atoms with Crippen LogP contribution in [0.2, 0.25) is 0 Å². The summed E-state index contributed by atoms with van der Waals surface area (Å²) in [6.07, 6.45) is 0. The molecule has 0 saturated carbocycles. The Bertz CT molecular complexity index is 815. The summed E-state index contributed by atoms with van der Waals surface area (Å²) >= 11 is 3.36. The van der Waals surface area contributed by atoms with Gasteiger partial charge in [-0.3, -0.25) is 0 Å². The van der Waals surface area contributed by atoms with Gasteiger partial charge in [-0.25, -0.2) is 9.37 Å². The molecule has 100 valence electrons. The molecule has 0 atom stereocenters. The zero-order chi connectivity index (χ0) is 14.3. The first-order chi connectivity index (χ1) is 9.54. The lowest BCUT2D eigenvalue weighted by atomic mass is 10.1. The molecule has 0 amide bonds. The average molecular weight is 331 g/mol. The molecule has 2 nitrogen and oxygen atoms in total. The Balaban J connectivity index is 2.20. The van der Waals surface area contributed by atoms with Crippen molar-refractivity contribution in [2.24, 2.45) is 0 Å². The van der Waals surface area contributed by atoms with Crippen LogP contribution in [-0.4, -0.2) is 4.98 Å². The molecule has 1 aromatic heterocycles. The van der Waals surface area contributed by atoms with E-state index in [0.29, 0.717) is 4.47 Å². The van der Waals surface area contributed by atoms with Crippen molar-refractivity contribution >= 4 is 32.5 Å². The van der Waals surface area contributed by atoms with Crippen LogP contribution in [-0.2, 0) is 0 Å². The number of nitrogen functional groups attached to an aromatic ring is 1. The van der Waals surface area contributed by atoms with E-state index in [-0.39, 0.29) is 5.82 Å². The molecule has 0 aliphatic rings. The van der Waals surface area contributed by atoms with Crippen molar-refractivity contribution in [2.75, 3.05) is 5.73 Å². The van der Waals surface area contributed by atoms with Gasteiger partial charge in [0.2, 0.25) is 0 Å². The molecule has 0 unspecified atom stereocenters. The van der Waals surface area contributed by atoms with E-state index in [0.717, 1.165) is 33.4 Å². The first-order valence-electron chi connectivity index (χ1n) is 6.17. The van der Waals surface area contributed by atoms with Crippen LogP contribution in [0.1, 0.15) is 5.56 Å². The third-order valence-electron chi connectivity index (χ3n) is 3.28. The summed E-state index contributed by atoms with van der Waals surface area (Å²) in [7, 11) is 0. The maximum absolute atomic E-state index is 13.3. The number of nitrogens with two attached hydrogens (primary N) is 1. The second-order valence-corrected chi connectivity index (χ2v) is 5.58. The predicted octanol–water partition coefficient (Wildman–Crippen LogP) is 4.69. The molecule has 20 heavy (non-hydrogen) atoms. The molecule has 1 heterocycles. The fraction of sp³-hybridized carbons (Fsp3) is 0.0625. The van der Waals surface area contributed by atoms with Gasteiger partial charge < -0.3 is 5.73 Å². The molecule has 0 bridgehead atoms. The number of halogens is 2. The van der Waals surface area contributed by atoms with E-state index in [9.17, 15) is 4.39 Å². The van der Waals surface area contributed by atoms with Crippen molar-refractivity contribution in [3.63, 3.8) is 0 Å². The highest BCUT2D eigenvalue weighted by atomic mass is 79.9. The van der Waals surface area contributed by atoms with Gasteiger partial charge >= 0.3 is 0 Å². The van der Waals surface area contributed by atoms with Crippen LogP contribution < -0.4 is 5.73 Å². The van der Waals surface area contributed by atoms with Crippen molar-refractivity contribution in [2.45, 2.75) is 6.92 Å². The first kappa shape index (κ1) is 13.1. The molecule has 2 N–H and O–H groups in total. The highest BCUT2D eigenvalue weighted by Crippen LogP contribution is 2.28. The molecule has 3 aromatic rings. The molecule has 0 aliphatic heterocycles. The van der Waals surface area contributed by atoms with E-state index in [1.807, 2.05) is 37.3 Å². The number of hydrogen-bond acceptors (Lipinski definition) is 2. The highest BCUT2D eigenvalue weighted by Gasteiger charge is 2.07. The van der Waals surface area contributed by atoms with E-state index < -0.39 is 0 Å². The van der Waals surface area contributed by atoms with Crippen LogP contribution in [0.5, 0.6) is 0 Å². The van der Waals surface area contributed by atoms with Crippen molar-refractivity contribution in [1.82, 2.24) is 4.98 Å². The lowest BCUT2D eigenvalue weighted by Crippen LogP contribution is -1.91. The Morgan fingerprint density at radius 3 is 2.65 bits per heavy atom. The van der Waals surface area contributed by atoms with Crippen molar-refractivity contribution in [3.05, 3.63) is 58.3 Å². The van der Waals surface area contributed by atoms with Gasteiger partial charge in [0.25, 0.3) is 0 Å². The van der Waals surface area contributed by atoms with E-state index in [4.69, 9.17) is 5.73 Å². The molecule has 0 saturated heterocycles. The average Bonchev–Trinajstić information content (AvgIpc) is 2.41. The lowest BCUT2D eigenvalue weighted by Gasteiger charge is -2.07. The third-order valence-corrected chi connectivity index (χ3v) is 3.88. The quantitative estimate of drug-likeness (QED) is 0.657. The number of benzene rings is 2. The summed E-state index contributed by atoms with van der Waals surface area (Å²) in [5, 5.41) is 0.771. The molecule has 3 rings (SSSR count). The maximum Gasteiger partial charge on any atom is 0.125 e. The number of hydrogen-bond donors (Lipinski definition) is 1. The number of rotatable bonds is 1.